The number of ether oxygens (including phenoxy) is 3. The van der Waals surface area contributed by atoms with Gasteiger partial charge in [-0.25, -0.2) is 0 Å². The van der Waals surface area contributed by atoms with E-state index in [4.69, 9.17) is 29.2 Å². The van der Waals surface area contributed by atoms with Crippen LogP contribution in [0.2, 0.25) is 0 Å². The molecule has 0 saturated carbocycles. The van der Waals surface area contributed by atoms with E-state index < -0.39 is 44.3 Å². The maximum Gasteiger partial charge on any atom is 0.324 e. The molecule has 64 heavy (non-hydrogen) atoms. The summed E-state index contributed by atoms with van der Waals surface area (Å²) in [6.45, 7) is 32.3. The topological polar surface area (TPSA) is 235 Å². The number of nitrogens with zero attached hydrogens (tertiary/aromatic N) is 10. The first-order valence-corrected chi connectivity index (χ1v) is 22.9. The van der Waals surface area contributed by atoms with E-state index in [-0.39, 0.29) is 61.4 Å². The highest BCUT2D eigenvalue weighted by molar-refractivity contribution is 5.37. The maximum atomic E-state index is 11.0. The Bertz CT molecular complexity index is 1630. The summed E-state index contributed by atoms with van der Waals surface area (Å²) in [5.74, 6) is 0.900. The monoisotopic (exact) mass is 902 g/mol. The molecule has 2 aromatic rings. The predicted octanol–water partition coefficient (Wildman–Crippen LogP) is 6.77. The molecule has 4 saturated heterocycles. The molecule has 0 radical (unpaired) electrons. The molecule has 2 aromatic heterocycles. The zero-order chi connectivity index (χ0) is 47.6. The number of anilines is 3. The fourth-order valence-electron chi connectivity index (χ4n) is 11.3. The van der Waals surface area contributed by atoms with Crippen molar-refractivity contribution in [1.29, 1.82) is 0 Å². The zero-order valence-corrected chi connectivity index (χ0v) is 41.4. The van der Waals surface area contributed by atoms with Gasteiger partial charge in [0.1, 0.15) is 18.8 Å². The molecule has 4 aliphatic rings. The standard InChI is InChI=1S/C44H79N13O7/c1-37(2)19-27(20-38(3,4)54(37)58)46-32-48-31(49-35(51-32)63-29-23-41(9,10)56(60)42(11,12)24-29)45-17-18-62-34-50-33(47-28-21-39(5,6)55(59)40(7,8)22-28)52-36(53-34)64-30-25-43(13,14)57(61)44(15,16)26-30/h27-30,58-61H,17-26H2,1-16H3,(H,47,50,52,53)(H2,45,46,48,49,51). The highest BCUT2D eigenvalue weighted by atomic mass is 16.5. The molecule has 4 fully saturated rings. The van der Waals surface area contributed by atoms with Crippen molar-refractivity contribution in [3.05, 3.63) is 0 Å². The van der Waals surface area contributed by atoms with Crippen LogP contribution in [0.25, 0.3) is 0 Å². The molecule has 0 amide bonds. The molecule has 20 heteroatoms. The van der Waals surface area contributed by atoms with Crippen LogP contribution >= 0.6 is 0 Å². The van der Waals surface area contributed by atoms with Crippen LogP contribution in [0.1, 0.15) is 162 Å². The molecule has 0 aromatic carbocycles. The first kappa shape index (κ1) is 49.9. The summed E-state index contributed by atoms with van der Waals surface area (Å²) in [5.41, 5.74) is -4.19. The van der Waals surface area contributed by atoms with E-state index in [9.17, 15) is 20.8 Å². The van der Waals surface area contributed by atoms with Crippen molar-refractivity contribution in [2.24, 2.45) is 0 Å². The molecule has 0 aliphatic carbocycles. The molecular formula is C44H79N13O7. The van der Waals surface area contributed by atoms with Gasteiger partial charge in [-0.15, -0.1) is 4.98 Å². The largest absolute Gasteiger partial charge is 0.461 e. The third kappa shape index (κ3) is 11.2. The van der Waals surface area contributed by atoms with Crippen molar-refractivity contribution >= 4 is 17.8 Å². The van der Waals surface area contributed by atoms with Crippen molar-refractivity contribution < 1.29 is 35.0 Å². The fraction of sp³-hybridized carbons (Fsp3) is 0.864. The Morgan fingerprint density at radius 1 is 0.422 bits per heavy atom. The number of hydrogen-bond acceptors (Lipinski definition) is 20. The van der Waals surface area contributed by atoms with E-state index >= 15 is 0 Å². The maximum absolute atomic E-state index is 11.0. The molecular weight excluding hydrogens is 823 g/mol. The summed E-state index contributed by atoms with van der Waals surface area (Å²) in [6.07, 6.45) is 4.16. The van der Waals surface area contributed by atoms with Gasteiger partial charge in [0.15, 0.2) is 0 Å². The van der Waals surface area contributed by atoms with Gasteiger partial charge in [-0.3, -0.25) is 0 Å². The quantitative estimate of drug-likeness (QED) is 0.103. The number of nitrogens with one attached hydrogen (secondary N) is 3. The number of hydroxylamine groups is 8. The number of hydrogen-bond donors (Lipinski definition) is 7. The predicted molar refractivity (Wildman–Crippen MR) is 241 cm³/mol. The molecule has 0 atom stereocenters. The van der Waals surface area contributed by atoms with Crippen molar-refractivity contribution in [2.75, 3.05) is 29.1 Å². The summed E-state index contributed by atoms with van der Waals surface area (Å²) in [5, 5.41) is 59.7. The average molecular weight is 902 g/mol. The number of piperidine rings is 4. The minimum Gasteiger partial charge on any atom is -0.461 e. The van der Waals surface area contributed by atoms with Crippen LogP contribution < -0.4 is 30.2 Å². The lowest BCUT2D eigenvalue weighted by Crippen LogP contribution is -2.61. The summed E-state index contributed by atoms with van der Waals surface area (Å²) in [6, 6.07) is 0.189. The lowest BCUT2D eigenvalue weighted by molar-refractivity contribution is -0.255. The SMILES string of the molecule is CC1(C)CC(Nc2nc(NCCOc3nc(NC4CC(C)(C)N(O)C(C)(C)C4)nc(OC4CC(C)(C)N(O)C(C)(C)C4)n3)nc(OC3CC(C)(C)N(O)C(C)(C)C3)n2)CC(C)(C)N1O. The third-order valence-electron chi connectivity index (χ3n) is 13.5. The van der Waals surface area contributed by atoms with Gasteiger partial charge in [-0.2, -0.15) is 45.2 Å². The van der Waals surface area contributed by atoms with E-state index in [1.807, 2.05) is 111 Å². The van der Waals surface area contributed by atoms with Gasteiger partial charge in [0, 0.05) is 82.1 Å². The molecule has 4 aliphatic heterocycles. The first-order chi connectivity index (χ1) is 29.2. The minimum atomic E-state index is -0.551. The lowest BCUT2D eigenvalue weighted by Gasteiger charge is -2.51. The van der Waals surface area contributed by atoms with Crippen LogP contribution in [-0.4, -0.2) is 153 Å². The molecule has 6 rings (SSSR count). The second-order valence-electron chi connectivity index (χ2n) is 23.8. The third-order valence-corrected chi connectivity index (χ3v) is 13.5. The van der Waals surface area contributed by atoms with Crippen LogP contribution in [0.15, 0.2) is 0 Å². The molecule has 362 valence electrons. The molecule has 7 N–H and O–H groups in total. The summed E-state index contributed by atoms with van der Waals surface area (Å²) >= 11 is 0. The van der Waals surface area contributed by atoms with Gasteiger partial charge in [-0.1, -0.05) is 0 Å². The van der Waals surface area contributed by atoms with Gasteiger partial charge in [-0.05, 0) is 136 Å². The molecule has 0 unspecified atom stereocenters. The minimum absolute atomic E-state index is 0.0555. The van der Waals surface area contributed by atoms with Crippen molar-refractivity contribution in [3.63, 3.8) is 0 Å². The van der Waals surface area contributed by atoms with Gasteiger partial charge in [0.25, 0.3) is 0 Å². The van der Waals surface area contributed by atoms with E-state index in [0.717, 1.165) is 0 Å². The van der Waals surface area contributed by atoms with E-state index in [2.05, 4.69) is 30.9 Å². The van der Waals surface area contributed by atoms with Crippen molar-refractivity contribution in [1.82, 2.24) is 50.2 Å². The Morgan fingerprint density at radius 2 is 0.719 bits per heavy atom. The Labute approximate surface area is 380 Å². The van der Waals surface area contributed by atoms with Crippen LogP contribution in [-0.2, 0) is 0 Å². The van der Waals surface area contributed by atoms with Crippen LogP contribution in [0.4, 0.5) is 17.8 Å². The van der Waals surface area contributed by atoms with Crippen molar-refractivity contribution in [3.8, 4) is 18.0 Å². The Morgan fingerprint density at radius 3 is 1.09 bits per heavy atom. The number of rotatable bonds is 13. The molecule has 6 heterocycles. The highest BCUT2D eigenvalue weighted by Gasteiger charge is 2.49. The zero-order valence-electron chi connectivity index (χ0n) is 41.4. The summed E-state index contributed by atoms with van der Waals surface area (Å²) < 4.78 is 19.1. The van der Waals surface area contributed by atoms with Gasteiger partial charge in [0.05, 0.1) is 6.54 Å². The Hall–Kier alpha value is -3.50. The molecule has 0 spiro atoms. The van der Waals surface area contributed by atoms with E-state index in [1.165, 1.54) is 20.3 Å². The van der Waals surface area contributed by atoms with Gasteiger partial charge < -0.3 is 51.0 Å². The highest BCUT2D eigenvalue weighted by Crippen LogP contribution is 2.42. The normalized spacial score (nSPS) is 26.2. The Kier molecular flexibility index (Phi) is 13.5. The second kappa shape index (κ2) is 17.3. The van der Waals surface area contributed by atoms with E-state index in [1.54, 1.807) is 0 Å². The Balaban J connectivity index is 1.21. The van der Waals surface area contributed by atoms with Crippen LogP contribution in [0.3, 0.4) is 0 Å². The average Bonchev–Trinajstić information content (AvgIpc) is 3.11. The van der Waals surface area contributed by atoms with Crippen LogP contribution in [0, 0.1) is 0 Å². The molecule has 0 bridgehead atoms. The first-order valence-electron chi connectivity index (χ1n) is 22.9. The van der Waals surface area contributed by atoms with Crippen LogP contribution in [0.5, 0.6) is 18.0 Å². The molecule has 20 nitrogen and oxygen atoms in total. The fourth-order valence-corrected chi connectivity index (χ4v) is 11.3. The summed E-state index contributed by atoms with van der Waals surface area (Å²) in [7, 11) is 0. The second-order valence-corrected chi connectivity index (χ2v) is 23.8. The van der Waals surface area contributed by atoms with Gasteiger partial charge >= 0.3 is 18.0 Å². The number of aromatic nitrogens is 6. The summed E-state index contributed by atoms with van der Waals surface area (Å²) in [4.78, 5) is 28.1. The van der Waals surface area contributed by atoms with Gasteiger partial charge in [0.2, 0.25) is 17.8 Å². The van der Waals surface area contributed by atoms with E-state index in [0.29, 0.717) is 63.3 Å². The smallest absolute Gasteiger partial charge is 0.324 e. The van der Waals surface area contributed by atoms with Crippen molar-refractivity contribution in [2.45, 2.75) is 231 Å². The lowest BCUT2D eigenvalue weighted by atomic mass is 9.79.